The molecule has 0 bridgehead atoms. The van der Waals surface area contributed by atoms with Crippen molar-refractivity contribution in [1.29, 1.82) is 0 Å². The third-order valence-corrected chi connectivity index (χ3v) is 9.11. The summed E-state index contributed by atoms with van der Waals surface area (Å²) in [5.41, 5.74) is 8.19. The molecule has 0 atom stereocenters. The first-order valence-electron chi connectivity index (χ1n) is 17.6. The van der Waals surface area contributed by atoms with Crippen molar-refractivity contribution in [3.63, 3.8) is 0 Å². The summed E-state index contributed by atoms with van der Waals surface area (Å²) in [6.45, 7) is 11.0. The predicted molar refractivity (Wildman–Crippen MR) is 196 cm³/mol. The number of fused-ring (bicyclic) bond motifs is 1. The van der Waals surface area contributed by atoms with E-state index in [0.717, 1.165) is 72.6 Å². The van der Waals surface area contributed by atoms with Gasteiger partial charge in [0.2, 0.25) is 0 Å². The smallest absolute Gasteiger partial charge is 0.274 e. The SMILES string of the molecule is CCNC(=O)c1noc(-c2cc(C(C)C)c(OCc3ccccc3)cc2OCc2ccccc2)c1-c1ccc2c(c1)CCN(CCCOC)C2. The normalized spacial score (nSPS) is 12.9. The van der Waals surface area contributed by atoms with E-state index in [4.69, 9.17) is 18.7 Å². The Labute approximate surface area is 295 Å². The van der Waals surface area contributed by atoms with Gasteiger partial charge in [-0.1, -0.05) is 97.9 Å². The van der Waals surface area contributed by atoms with Crippen LogP contribution in [-0.2, 0) is 30.9 Å². The molecule has 260 valence electrons. The van der Waals surface area contributed by atoms with Gasteiger partial charge in [0.1, 0.15) is 24.7 Å². The van der Waals surface area contributed by atoms with Crippen LogP contribution in [0.2, 0.25) is 0 Å². The number of hydrogen-bond donors (Lipinski definition) is 1. The Morgan fingerprint density at radius 3 is 2.26 bits per heavy atom. The molecule has 0 fully saturated rings. The highest BCUT2D eigenvalue weighted by Crippen LogP contribution is 2.45. The fraction of sp³-hybridized carbons (Fsp3) is 0.333. The zero-order valence-corrected chi connectivity index (χ0v) is 29.5. The second-order valence-corrected chi connectivity index (χ2v) is 13.0. The van der Waals surface area contributed by atoms with E-state index < -0.39 is 0 Å². The largest absolute Gasteiger partial charge is 0.488 e. The zero-order chi connectivity index (χ0) is 34.9. The van der Waals surface area contributed by atoms with Crippen molar-refractivity contribution in [1.82, 2.24) is 15.4 Å². The van der Waals surface area contributed by atoms with Crippen LogP contribution in [0.15, 0.2) is 95.5 Å². The van der Waals surface area contributed by atoms with E-state index >= 15 is 0 Å². The summed E-state index contributed by atoms with van der Waals surface area (Å²) in [4.78, 5) is 16.0. The maximum Gasteiger partial charge on any atom is 0.274 e. The molecular formula is C42H47N3O5. The highest BCUT2D eigenvalue weighted by atomic mass is 16.5. The fourth-order valence-corrected chi connectivity index (χ4v) is 6.45. The summed E-state index contributed by atoms with van der Waals surface area (Å²) in [7, 11) is 1.75. The molecule has 1 N–H and O–H groups in total. The molecule has 0 saturated heterocycles. The number of nitrogens with one attached hydrogen (secondary N) is 1. The number of aromatic nitrogens is 1. The summed E-state index contributed by atoms with van der Waals surface area (Å²) < 4.78 is 24.5. The second kappa shape index (κ2) is 16.7. The Morgan fingerprint density at radius 1 is 0.900 bits per heavy atom. The van der Waals surface area contributed by atoms with Crippen molar-refractivity contribution in [2.24, 2.45) is 0 Å². The van der Waals surface area contributed by atoms with Crippen molar-refractivity contribution in [3.8, 4) is 33.9 Å². The predicted octanol–water partition coefficient (Wildman–Crippen LogP) is 8.43. The fourth-order valence-electron chi connectivity index (χ4n) is 6.45. The topological polar surface area (TPSA) is 86.1 Å². The van der Waals surface area contributed by atoms with Crippen molar-refractivity contribution in [2.75, 3.05) is 33.4 Å². The van der Waals surface area contributed by atoms with Crippen LogP contribution < -0.4 is 14.8 Å². The first-order valence-corrected chi connectivity index (χ1v) is 17.6. The molecule has 1 aromatic heterocycles. The van der Waals surface area contributed by atoms with Crippen LogP contribution in [0.25, 0.3) is 22.5 Å². The van der Waals surface area contributed by atoms with E-state index in [1.807, 2.05) is 61.5 Å². The van der Waals surface area contributed by atoms with E-state index in [2.05, 4.69) is 65.6 Å². The Kier molecular flexibility index (Phi) is 11.6. The van der Waals surface area contributed by atoms with Gasteiger partial charge in [0.05, 0.1) is 11.1 Å². The molecule has 0 aliphatic carbocycles. The molecular weight excluding hydrogens is 626 g/mol. The van der Waals surface area contributed by atoms with Gasteiger partial charge in [0, 0.05) is 46.0 Å². The number of ether oxygens (including phenoxy) is 3. The van der Waals surface area contributed by atoms with Crippen LogP contribution >= 0.6 is 0 Å². The molecule has 2 heterocycles. The molecule has 6 rings (SSSR count). The molecule has 8 heteroatoms. The monoisotopic (exact) mass is 673 g/mol. The molecule has 1 amide bonds. The average molecular weight is 674 g/mol. The average Bonchev–Trinajstić information content (AvgIpc) is 3.59. The maximum absolute atomic E-state index is 13.5. The number of nitrogens with zero attached hydrogens (tertiary/aromatic N) is 2. The number of carbonyl (C=O) groups excluding carboxylic acids is 1. The van der Waals surface area contributed by atoms with Crippen molar-refractivity contribution >= 4 is 5.91 Å². The Hall–Kier alpha value is -4.92. The van der Waals surface area contributed by atoms with Crippen LogP contribution in [0, 0.1) is 0 Å². The highest BCUT2D eigenvalue weighted by Gasteiger charge is 2.29. The summed E-state index contributed by atoms with van der Waals surface area (Å²) in [6, 6.07) is 30.7. The molecule has 0 saturated carbocycles. The second-order valence-electron chi connectivity index (χ2n) is 13.0. The Balaban J connectivity index is 1.43. The molecule has 1 aliphatic rings. The number of carbonyl (C=O) groups is 1. The van der Waals surface area contributed by atoms with Crippen LogP contribution in [-0.4, -0.2) is 49.3 Å². The van der Waals surface area contributed by atoms with Crippen LogP contribution in [0.3, 0.4) is 0 Å². The van der Waals surface area contributed by atoms with Crippen LogP contribution in [0.4, 0.5) is 0 Å². The van der Waals surface area contributed by atoms with Crippen molar-refractivity contribution in [2.45, 2.75) is 59.3 Å². The van der Waals surface area contributed by atoms with Gasteiger partial charge < -0.3 is 24.1 Å². The third kappa shape index (κ3) is 8.26. The molecule has 0 unspecified atom stereocenters. The lowest BCUT2D eigenvalue weighted by molar-refractivity contribution is 0.0947. The third-order valence-electron chi connectivity index (χ3n) is 9.11. The maximum atomic E-state index is 13.5. The van der Waals surface area contributed by atoms with Gasteiger partial charge in [0.15, 0.2) is 11.5 Å². The van der Waals surface area contributed by atoms with E-state index in [9.17, 15) is 4.79 Å². The molecule has 50 heavy (non-hydrogen) atoms. The van der Waals surface area contributed by atoms with E-state index in [1.54, 1.807) is 7.11 Å². The molecule has 4 aromatic carbocycles. The first-order chi connectivity index (χ1) is 24.4. The minimum Gasteiger partial charge on any atom is -0.488 e. The lowest BCUT2D eigenvalue weighted by Crippen LogP contribution is -2.31. The minimum absolute atomic E-state index is 0.132. The summed E-state index contributed by atoms with van der Waals surface area (Å²) in [5.74, 6) is 1.67. The standard InChI is InChI=1S/C42H47N3O5/c1-5-43-42(46)40-39(33-17-18-34-26-45(20-12-22-47-4)21-19-32(34)23-33)41(50-44-40)36-24-35(29(2)3)37(48-27-30-13-8-6-9-14-30)25-38(36)49-28-31-15-10-7-11-16-31/h6-11,13-18,23-25,29H,5,12,19-22,26-28H2,1-4H3,(H,43,46). The van der Waals surface area contributed by atoms with Gasteiger partial charge in [-0.3, -0.25) is 9.69 Å². The Bertz CT molecular complexity index is 1870. The number of hydrogen-bond acceptors (Lipinski definition) is 7. The van der Waals surface area contributed by atoms with Crippen LogP contribution in [0.1, 0.15) is 71.4 Å². The van der Waals surface area contributed by atoms with Gasteiger partial charge >= 0.3 is 0 Å². The van der Waals surface area contributed by atoms with Gasteiger partial charge in [-0.15, -0.1) is 0 Å². The van der Waals surface area contributed by atoms with E-state index in [0.29, 0.717) is 36.8 Å². The number of rotatable bonds is 15. The quantitative estimate of drug-likeness (QED) is 0.112. The lowest BCUT2D eigenvalue weighted by Gasteiger charge is -2.29. The molecule has 8 nitrogen and oxygen atoms in total. The number of methoxy groups -OCH3 is 1. The van der Waals surface area contributed by atoms with Crippen molar-refractivity contribution in [3.05, 3.63) is 125 Å². The number of benzene rings is 4. The molecule has 5 aromatic rings. The van der Waals surface area contributed by atoms with Crippen LogP contribution in [0.5, 0.6) is 11.5 Å². The highest BCUT2D eigenvalue weighted by molar-refractivity contribution is 6.02. The zero-order valence-electron chi connectivity index (χ0n) is 29.5. The first kappa shape index (κ1) is 34.9. The summed E-state index contributed by atoms with van der Waals surface area (Å²) in [6.07, 6.45) is 1.93. The Morgan fingerprint density at radius 2 is 1.60 bits per heavy atom. The molecule has 1 aliphatic heterocycles. The van der Waals surface area contributed by atoms with Gasteiger partial charge in [-0.2, -0.15) is 0 Å². The van der Waals surface area contributed by atoms with Gasteiger partial charge in [-0.05, 0) is 65.1 Å². The molecule has 0 radical (unpaired) electrons. The van der Waals surface area contributed by atoms with Crippen molar-refractivity contribution < 1.29 is 23.5 Å². The summed E-state index contributed by atoms with van der Waals surface area (Å²) in [5, 5.41) is 7.32. The lowest BCUT2D eigenvalue weighted by atomic mass is 9.91. The van der Waals surface area contributed by atoms with Gasteiger partial charge in [-0.25, -0.2) is 0 Å². The van der Waals surface area contributed by atoms with Gasteiger partial charge in [0.25, 0.3) is 5.91 Å². The minimum atomic E-state index is -0.279. The number of amides is 1. The molecule has 0 spiro atoms. The van der Waals surface area contributed by atoms with E-state index in [1.165, 1.54) is 11.1 Å². The van der Waals surface area contributed by atoms with E-state index in [-0.39, 0.29) is 17.5 Å². The summed E-state index contributed by atoms with van der Waals surface area (Å²) >= 11 is 0.